The molecule has 0 saturated carbocycles. The number of ether oxygens (including phenoxy) is 1. The zero-order chi connectivity index (χ0) is 20.7. The highest BCUT2D eigenvalue weighted by molar-refractivity contribution is 7.99. The van der Waals surface area contributed by atoms with Crippen molar-refractivity contribution in [3.05, 3.63) is 51.9 Å². The first kappa shape index (κ1) is 21.7. The lowest BCUT2D eigenvalue weighted by Gasteiger charge is -2.09. The molecule has 8 heteroatoms. The van der Waals surface area contributed by atoms with Crippen LogP contribution in [-0.4, -0.2) is 34.2 Å². The van der Waals surface area contributed by atoms with E-state index in [0.717, 1.165) is 11.8 Å². The maximum atomic E-state index is 12.1. The van der Waals surface area contributed by atoms with Gasteiger partial charge in [0.2, 0.25) is 5.91 Å². The Morgan fingerprint density at radius 3 is 2.46 bits per heavy atom. The second-order valence-corrected chi connectivity index (χ2v) is 8.00. The molecule has 7 nitrogen and oxygen atoms in total. The van der Waals surface area contributed by atoms with Crippen molar-refractivity contribution >= 4 is 29.3 Å². The zero-order valence-electron chi connectivity index (χ0n) is 16.4. The van der Waals surface area contributed by atoms with E-state index in [9.17, 15) is 14.4 Å². The molecule has 1 amide bonds. The molecule has 0 saturated heterocycles. The summed E-state index contributed by atoms with van der Waals surface area (Å²) < 4.78 is 5.17. The molecule has 1 heterocycles. The molecule has 0 aliphatic carbocycles. The fourth-order valence-corrected chi connectivity index (χ4v) is 2.85. The van der Waals surface area contributed by atoms with Gasteiger partial charge in [-0.15, -0.1) is 0 Å². The highest BCUT2D eigenvalue weighted by Crippen LogP contribution is 2.16. The SMILES string of the molecule is CC(C)COC(=O)c1ccc(NC(=O)CSc2nc(C(C)C)cc(=O)[nH]2)cc1. The normalized spacial score (nSPS) is 10.9. The van der Waals surface area contributed by atoms with Gasteiger partial charge in [-0.3, -0.25) is 9.59 Å². The molecule has 0 aliphatic rings. The number of aromatic amines is 1. The van der Waals surface area contributed by atoms with E-state index < -0.39 is 0 Å². The standard InChI is InChI=1S/C20H25N3O4S/c1-12(2)10-27-19(26)14-5-7-15(8-6-14)21-18(25)11-28-20-22-16(13(3)4)9-17(24)23-20/h5-9,12-13H,10-11H2,1-4H3,(H,21,25)(H,22,23,24). The van der Waals surface area contributed by atoms with Crippen molar-refractivity contribution < 1.29 is 14.3 Å². The van der Waals surface area contributed by atoms with Crippen LogP contribution in [0.25, 0.3) is 0 Å². The second kappa shape index (κ2) is 10.1. The van der Waals surface area contributed by atoms with E-state index in [1.54, 1.807) is 24.3 Å². The number of aromatic nitrogens is 2. The molecule has 0 spiro atoms. The van der Waals surface area contributed by atoms with E-state index in [1.807, 2.05) is 27.7 Å². The van der Waals surface area contributed by atoms with E-state index in [4.69, 9.17) is 4.74 Å². The van der Waals surface area contributed by atoms with Gasteiger partial charge >= 0.3 is 5.97 Å². The number of esters is 1. The third kappa shape index (κ3) is 6.84. The predicted molar refractivity (Wildman–Crippen MR) is 110 cm³/mol. The van der Waals surface area contributed by atoms with Gasteiger partial charge in [0.1, 0.15) is 0 Å². The van der Waals surface area contributed by atoms with Crippen LogP contribution in [-0.2, 0) is 9.53 Å². The number of nitrogens with zero attached hydrogens (tertiary/aromatic N) is 1. The zero-order valence-corrected chi connectivity index (χ0v) is 17.3. The third-order valence-corrected chi connectivity index (χ3v) is 4.50. The molecule has 150 valence electrons. The van der Waals surface area contributed by atoms with Crippen LogP contribution in [0.5, 0.6) is 0 Å². The van der Waals surface area contributed by atoms with Gasteiger partial charge in [0.25, 0.3) is 5.56 Å². The summed E-state index contributed by atoms with van der Waals surface area (Å²) in [5.41, 5.74) is 1.46. The van der Waals surface area contributed by atoms with Crippen LogP contribution >= 0.6 is 11.8 Å². The number of thioether (sulfide) groups is 1. The highest BCUT2D eigenvalue weighted by Gasteiger charge is 2.11. The summed E-state index contributed by atoms with van der Waals surface area (Å²) in [4.78, 5) is 42.7. The molecule has 0 radical (unpaired) electrons. The van der Waals surface area contributed by atoms with Crippen LogP contribution in [0.15, 0.2) is 40.3 Å². The quantitative estimate of drug-likeness (QED) is 0.398. The Hall–Kier alpha value is -2.61. The largest absolute Gasteiger partial charge is 0.462 e. The van der Waals surface area contributed by atoms with Crippen LogP contribution in [0.3, 0.4) is 0 Å². The number of hydrogen-bond donors (Lipinski definition) is 2. The van der Waals surface area contributed by atoms with Crippen LogP contribution in [0.4, 0.5) is 5.69 Å². The minimum atomic E-state index is -0.387. The van der Waals surface area contributed by atoms with Crippen molar-refractivity contribution in [1.29, 1.82) is 0 Å². The molecule has 0 aliphatic heterocycles. The second-order valence-electron chi connectivity index (χ2n) is 7.04. The van der Waals surface area contributed by atoms with E-state index >= 15 is 0 Å². The van der Waals surface area contributed by atoms with E-state index in [2.05, 4.69) is 15.3 Å². The summed E-state index contributed by atoms with van der Waals surface area (Å²) in [6.45, 7) is 8.20. The topological polar surface area (TPSA) is 101 Å². The van der Waals surface area contributed by atoms with Crippen molar-refractivity contribution in [3.8, 4) is 0 Å². The Morgan fingerprint density at radius 2 is 1.86 bits per heavy atom. The fraction of sp³-hybridized carbons (Fsp3) is 0.400. The molecule has 2 N–H and O–H groups in total. The maximum absolute atomic E-state index is 12.1. The van der Waals surface area contributed by atoms with Crippen LogP contribution in [0.1, 0.15) is 49.7 Å². The van der Waals surface area contributed by atoms with Gasteiger partial charge in [0.15, 0.2) is 5.16 Å². The molecule has 1 aromatic carbocycles. The Kier molecular flexibility index (Phi) is 7.80. The van der Waals surface area contributed by atoms with Crippen molar-refractivity contribution in [2.24, 2.45) is 5.92 Å². The van der Waals surface area contributed by atoms with Crippen LogP contribution in [0.2, 0.25) is 0 Å². The maximum Gasteiger partial charge on any atom is 0.338 e. The number of hydrogen-bond acceptors (Lipinski definition) is 6. The van der Waals surface area contributed by atoms with E-state index in [-0.39, 0.29) is 35.0 Å². The Labute approximate surface area is 168 Å². The first-order valence-corrected chi connectivity index (χ1v) is 10.0. The van der Waals surface area contributed by atoms with Gasteiger partial charge in [0.05, 0.1) is 23.6 Å². The number of amides is 1. The first-order valence-electron chi connectivity index (χ1n) is 9.05. The highest BCUT2D eigenvalue weighted by atomic mass is 32.2. The number of carbonyl (C=O) groups is 2. The van der Waals surface area contributed by atoms with Gasteiger partial charge in [-0.2, -0.15) is 0 Å². The monoisotopic (exact) mass is 403 g/mol. The van der Waals surface area contributed by atoms with Gasteiger partial charge in [0, 0.05) is 11.8 Å². The molecule has 0 bridgehead atoms. The molecule has 2 rings (SSSR count). The summed E-state index contributed by atoms with van der Waals surface area (Å²) in [6, 6.07) is 7.97. The van der Waals surface area contributed by atoms with Crippen molar-refractivity contribution in [2.45, 2.75) is 38.8 Å². The van der Waals surface area contributed by atoms with Gasteiger partial charge in [-0.05, 0) is 36.1 Å². The molecule has 0 fully saturated rings. The smallest absolute Gasteiger partial charge is 0.338 e. The lowest BCUT2D eigenvalue weighted by molar-refractivity contribution is -0.113. The number of rotatable bonds is 8. The molecular weight excluding hydrogens is 378 g/mol. The summed E-state index contributed by atoms with van der Waals surface area (Å²) in [6.07, 6.45) is 0. The van der Waals surface area contributed by atoms with Crippen molar-refractivity contribution in [3.63, 3.8) is 0 Å². The minimum absolute atomic E-state index is 0.0999. The van der Waals surface area contributed by atoms with Gasteiger partial charge in [-0.1, -0.05) is 39.5 Å². The molecule has 0 atom stereocenters. The first-order chi connectivity index (χ1) is 13.2. The number of benzene rings is 1. The lowest BCUT2D eigenvalue weighted by Crippen LogP contribution is -2.16. The number of anilines is 1. The fourth-order valence-electron chi connectivity index (χ4n) is 2.16. The summed E-state index contributed by atoms with van der Waals surface area (Å²) in [7, 11) is 0. The number of nitrogens with one attached hydrogen (secondary N) is 2. The summed E-state index contributed by atoms with van der Waals surface area (Å²) >= 11 is 1.16. The van der Waals surface area contributed by atoms with Gasteiger partial charge in [-0.25, -0.2) is 9.78 Å². The number of carbonyl (C=O) groups excluding carboxylic acids is 2. The van der Waals surface area contributed by atoms with Crippen LogP contribution in [0, 0.1) is 5.92 Å². The average molecular weight is 404 g/mol. The molecule has 0 unspecified atom stereocenters. The Balaban J connectivity index is 1.89. The van der Waals surface area contributed by atoms with Crippen molar-refractivity contribution in [2.75, 3.05) is 17.7 Å². The van der Waals surface area contributed by atoms with E-state index in [0.29, 0.717) is 28.7 Å². The summed E-state index contributed by atoms with van der Waals surface area (Å²) in [5.74, 6) is -0.130. The average Bonchev–Trinajstić information content (AvgIpc) is 2.64. The van der Waals surface area contributed by atoms with Gasteiger partial charge < -0.3 is 15.0 Å². The van der Waals surface area contributed by atoms with Crippen LogP contribution < -0.4 is 10.9 Å². The summed E-state index contributed by atoms with van der Waals surface area (Å²) in [5, 5.41) is 3.16. The lowest BCUT2D eigenvalue weighted by atomic mass is 10.1. The predicted octanol–water partition coefficient (Wildman–Crippen LogP) is 3.44. The Morgan fingerprint density at radius 1 is 1.18 bits per heavy atom. The van der Waals surface area contributed by atoms with Crippen molar-refractivity contribution in [1.82, 2.24) is 9.97 Å². The minimum Gasteiger partial charge on any atom is -0.462 e. The molecular formula is C20H25N3O4S. The van der Waals surface area contributed by atoms with E-state index in [1.165, 1.54) is 6.07 Å². The number of H-pyrrole nitrogens is 1. The molecule has 1 aromatic heterocycles. The molecule has 28 heavy (non-hydrogen) atoms. The third-order valence-electron chi connectivity index (χ3n) is 3.62. The molecule has 2 aromatic rings. The Bertz CT molecular complexity index is 876.